The second-order valence-corrected chi connectivity index (χ2v) is 12.6. The Morgan fingerprint density at radius 3 is 2.75 bits per heavy atom. The van der Waals surface area contributed by atoms with Crippen molar-refractivity contribution in [2.75, 3.05) is 39.8 Å². The minimum absolute atomic E-state index is 0.0376. The summed E-state index contributed by atoms with van der Waals surface area (Å²) in [5, 5.41) is 12.4. The fourth-order valence-corrected chi connectivity index (χ4v) is 7.42. The van der Waals surface area contributed by atoms with Crippen LogP contribution in [0.2, 0.25) is 5.02 Å². The zero-order chi connectivity index (χ0) is 31.1. The summed E-state index contributed by atoms with van der Waals surface area (Å²) >= 11 is 13.5. The Hall–Kier alpha value is -3.64. The highest BCUT2D eigenvalue weighted by atomic mass is 35.5. The Bertz CT molecular complexity index is 1690. The van der Waals surface area contributed by atoms with E-state index in [0.29, 0.717) is 59.3 Å². The van der Waals surface area contributed by atoms with Gasteiger partial charge in [0.2, 0.25) is 11.8 Å². The number of ether oxygens (including phenoxy) is 1. The molecule has 2 aromatic rings. The molecular weight excluding hydrogens is 600 g/mol. The van der Waals surface area contributed by atoms with E-state index in [1.807, 2.05) is 37.3 Å². The molecule has 1 amide bonds. The van der Waals surface area contributed by atoms with Crippen molar-refractivity contribution in [3.63, 3.8) is 0 Å². The largest absolute Gasteiger partial charge is 0.475 e. The van der Waals surface area contributed by atoms with Gasteiger partial charge in [-0.2, -0.15) is 5.26 Å². The topological polar surface area (TPSA) is 72.2 Å². The van der Waals surface area contributed by atoms with Crippen LogP contribution in [0.15, 0.2) is 76.4 Å². The van der Waals surface area contributed by atoms with Gasteiger partial charge in [0.1, 0.15) is 24.1 Å². The van der Waals surface area contributed by atoms with E-state index in [4.69, 9.17) is 32.9 Å². The molecule has 228 valence electrons. The summed E-state index contributed by atoms with van der Waals surface area (Å²) in [5.74, 6) is -0.646. The van der Waals surface area contributed by atoms with Crippen molar-refractivity contribution in [1.29, 1.82) is 5.26 Å². The summed E-state index contributed by atoms with van der Waals surface area (Å²) in [6, 6.07) is 10.9. The Labute approximate surface area is 267 Å². The standard InChI is InChI=1S/C34H34Cl2FN5O2/c1-4-30(43)41-13-14-42(20(2)18-41)33-25-15-27(35)24(23-9-5-7-21-10-11-28(37)32(36)31(21)23)16-29(25)39-34(26(33)17-38)44-19-22-8-6-12-40(22)3/h4-5,7,9-11,15-16,20,22,25,29H,1,6,8,12-14,18-19H2,2-3H3/t20-,22-,25?,29?/m0/s1. The summed E-state index contributed by atoms with van der Waals surface area (Å²) < 4.78 is 21.0. The van der Waals surface area contributed by atoms with E-state index in [9.17, 15) is 14.4 Å². The quantitative estimate of drug-likeness (QED) is 0.369. The van der Waals surface area contributed by atoms with Gasteiger partial charge >= 0.3 is 0 Å². The minimum Gasteiger partial charge on any atom is -0.475 e. The average molecular weight is 635 g/mol. The van der Waals surface area contributed by atoms with Gasteiger partial charge < -0.3 is 19.4 Å². The lowest BCUT2D eigenvalue weighted by Gasteiger charge is -2.46. The van der Waals surface area contributed by atoms with E-state index in [2.05, 4.69) is 29.5 Å². The molecule has 6 rings (SSSR count). The maximum Gasteiger partial charge on any atom is 0.246 e. The van der Waals surface area contributed by atoms with Gasteiger partial charge in [0.25, 0.3) is 0 Å². The second kappa shape index (κ2) is 12.4. The number of nitrogens with zero attached hydrogens (tertiary/aromatic N) is 5. The van der Waals surface area contributed by atoms with Crippen molar-refractivity contribution in [2.45, 2.75) is 37.9 Å². The third-order valence-electron chi connectivity index (χ3n) is 9.18. The summed E-state index contributed by atoms with van der Waals surface area (Å²) in [7, 11) is 2.08. The highest BCUT2D eigenvalue weighted by molar-refractivity contribution is 6.40. The SMILES string of the molecule is C=CC(=O)N1CCN(C2=C(C#N)C(OC[C@@H]3CCCN3C)=NC3C=C(c4cccc5ccc(F)c(Cl)c45)C(Cl)=CC23)[C@@H](C)C1. The van der Waals surface area contributed by atoms with Crippen molar-refractivity contribution < 1.29 is 13.9 Å². The number of amides is 1. The van der Waals surface area contributed by atoms with Gasteiger partial charge in [0.15, 0.2) is 0 Å². The number of nitriles is 1. The number of likely N-dealkylation sites (tertiary alicyclic amines) is 1. The Morgan fingerprint density at radius 2 is 2.05 bits per heavy atom. The molecule has 0 spiro atoms. The van der Waals surface area contributed by atoms with E-state index >= 15 is 0 Å². The van der Waals surface area contributed by atoms with E-state index < -0.39 is 11.9 Å². The second-order valence-electron chi connectivity index (χ2n) is 11.8. The van der Waals surface area contributed by atoms with Crippen LogP contribution in [-0.4, -0.2) is 84.5 Å². The number of aliphatic imine (C=N–C) groups is 1. The fraction of sp³-hybridized carbons (Fsp3) is 0.382. The maximum absolute atomic E-state index is 14.6. The lowest BCUT2D eigenvalue weighted by atomic mass is 9.81. The monoisotopic (exact) mass is 633 g/mol. The van der Waals surface area contributed by atoms with Crippen molar-refractivity contribution in [2.24, 2.45) is 10.9 Å². The first kappa shape index (κ1) is 30.4. The number of piperazine rings is 1. The van der Waals surface area contributed by atoms with Crippen molar-refractivity contribution in [1.82, 2.24) is 14.7 Å². The van der Waals surface area contributed by atoms with Gasteiger partial charge in [-0.25, -0.2) is 9.38 Å². The molecule has 2 fully saturated rings. The van der Waals surface area contributed by atoms with Crippen LogP contribution in [0.5, 0.6) is 0 Å². The smallest absolute Gasteiger partial charge is 0.246 e. The van der Waals surface area contributed by atoms with Crippen LogP contribution in [0, 0.1) is 23.1 Å². The van der Waals surface area contributed by atoms with Crippen LogP contribution < -0.4 is 0 Å². The highest BCUT2D eigenvalue weighted by Crippen LogP contribution is 2.44. The van der Waals surface area contributed by atoms with Gasteiger partial charge in [-0.3, -0.25) is 4.79 Å². The van der Waals surface area contributed by atoms with E-state index in [-0.39, 0.29) is 28.9 Å². The molecular formula is C34H34Cl2FN5O2. The molecule has 1 aliphatic carbocycles. The zero-order valence-corrected chi connectivity index (χ0v) is 26.3. The molecule has 0 radical (unpaired) electrons. The lowest BCUT2D eigenvalue weighted by molar-refractivity contribution is -0.128. The first-order valence-corrected chi connectivity index (χ1v) is 15.7. The third-order valence-corrected chi connectivity index (χ3v) is 9.88. The number of rotatable bonds is 5. The maximum atomic E-state index is 14.6. The first-order chi connectivity index (χ1) is 21.2. The number of hydrogen-bond acceptors (Lipinski definition) is 6. The lowest BCUT2D eigenvalue weighted by Crippen LogP contribution is -2.55. The molecule has 0 saturated carbocycles. The molecule has 2 unspecified atom stereocenters. The predicted octanol–water partition coefficient (Wildman–Crippen LogP) is 6.16. The summed E-state index contributed by atoms with van der Waals surface area (Å²) in [5.41, 5.74) is 2.57. The number of carbonyl (C=O) groups excluding carboxylic acids is 1. The van der Waals surface area contributed by atoms with Gasteiger partial charge in [0, 0.05) is 53.8 Å². The van der Waals surface area contributed by atoms with E-state index in [1.54, 1.807) is 11.0 Å². The van der Waals surface area contributed by atoms with E-state index in [1.165, 1.54) is 12.1 Å². The molecule has 2 saturated heterocycles. The number of halogens is 3. The summed E-state index contributed by atoms with van der Waals surface area (Å²) in [6.45, 7) is 8.62. The van der Waals surface area contributed by atoms with Crippen LogP contribution in [0.1, 0.15) is 25.3 Å². The molecule has 10 heteroatoms. The van der Waals surface area contributed by atoms with Crippen molar-refractivity contribution in [3.05, 3.63) is 87.8 Å². The molecule has 2 aromatic carbocycles. The Morgan fingerprint density at radius 1 is 1.23 bits per heavy atom. The summed E-state index contributed by atoms with van der Waals surface area (Å²) in [4.78, 5) is 23.6. The minimum atomic E-state index is -0.504. The fourth-order valence-electron chi connectivity index (χ4n) is 6.85. The van der Waals surface area contributed by atoms with Crippen molar-refractivity contribution in [3.8, 4) is 6.07 Å². The number of benzene rings is 2. The number of carbonyl (C=O) groups is 1. The molecule has 3 heterocycles. The van der Waals surface area contributed by atoms with Crippen LogP contribution in [0.25, 0.3) is 16.3 Å². The molecule has 44 heavy (non-hydrogen) atoms. The Kier molecular flexibility index (Phi) is 8.56. The van der Waals surface area contributed by atoms with Crippen molar-refractivity contribution >= 4 is 51.4 Å². The summed E-state index contributed by atoms with van der Waals surface area (Å²) in [6.07, 6.45) is 7.36. The van der Waals surface area contributed by atoms with Crippen LogP contribution in [-0.2, 0) is 9.53 Å². The number of dihydropyridines is 1. The molecule has 4 aliphatic rings. The molecule has 7 nitrogen and oxygen atoms in total. The average Bonchev–Trinajstić information content (AvgIpc) is 3.44. The zero-order valence-electron chi connectivity index (χ0n) is 24.8. The molecule has 4 atom stereocenters. The van der Waals surface area contributed by atoms with Gasteiger partial charge in [-0.1, -0.05) is 60.1 Å². The number of fused-ring (bicyclic) bond motifs is 2. The molecule has 0 aromatic heterocycles. The van der Waals surface area contributed by atoms with Gasteiger partial charge in [-0.15, -0.1) is 0 Å². The van der Waals surface area contributed by atoms with Gasteiger partial charge in [-0.05, 0) is 68.1 Å². The van der Waals surface area contributed by atoms with Crippen LogP contribution in [0.3, 0.4) is 0 Å². The van der Waals surface area contributed by atoms with E-state index in [0.717, 1.165) is 30.5 Å². The predicted molar refractivity (Wildman–Crippen MR) is 173 cm³/mol. The first-order valence-electron chi connectivity index (χ1n) is 14.9. The Balaban J connectivity index is 1.43. The molecule has 0 bridgehead atoms. The van der Waals surface area contributed by atoms with Crippen LogP contribution >= 0.6 is 23.2 Å². The highest BCUT2D eigenvalue weighted by Gasteiger charge is 2.41. The number of allylic oxidation sites excluding steroid dienone is 2. The third kappa shape index (κ3) is 5.42. The normalized spacial score (nSPS) is 25.7. The number of likely N-dealkylation sites (N-methyl/N-ethyl adjacent to an activating group) is 1. The van der Waals surface area contributed by atoms with Gasteiger partial charge in [0.05, 0.1) is 11.1 Å². The van der Waals surface area contributed by atoms with Crippen LogP contribution in [0.4, 0.5) is 4.39 Å². The molecule has 0 N–H and O–H groups in total. The molecule has 3 aliphatic heterocycles. The number of hydrogen-bond donors (Lipinski definition) is 0.